The third-order valence-corrected chi connectivity index (χ3v) is 4.83. The highest BCUT2D eigenvalue weighted by atomic mass is 35.5. The van der Waals surface area contributed by atoms with Crippen molar-refractivity contribution in [2.24, 2.45) is 0 Å². The molecule has 0 atom stereocenters. The predicted octanol–water partition coefficient (Wildman–Crippen LogP) is 4.64. The average Bonchev–Trinajstić information content (AvgIpc) is 2.93. The quantitative estimate of drug-likeness (QED) is 0.682. The van der Waals surface area contributed by atoms with Crippen molar-refractivity contribution in [3.8, 4) is 5.75 Å². The molecule has 3 aromatic rings. The molecule has 0 unspecified atom stereocenters. The monoisotopic (exact) mass is 341 g/mol. The Bertz CT molecular complexity index is 802. The third-order valence-electron chi connectivity index (χ3n) is 3.31. The van der Waals surface area contributed by atoms with E-state index in [1.54, 1.807) is 23.5 Å². The molecule has 2 aromatic heterocycles. The van der Waals surface area contributed by atoms with E-state index in [0.717, 1.165) is 27.7 Å². The number of rotatable bonds is 3. The summed E-state index contributed by atoms with van der Waals surface area (Å²) in [4.78, 5) is 5.53. The van der Waals surface area contributed by atoms with Crippen LogP contribution in [0.15, 0.2) is 17.5 Å². The fourth-order valence-corrected chi connectivity index (χ4v) is 3.65. The van der Waals surface area contributed by atoms with Gasteiger partial charge < -0.3 is 10.4 Å². The van der Waals surface area contributed by atoms with Gasteiger partial charge in [0.05, 0.1) is 28.0 Å². The van der Waals surface area contributed by atoms with E-state index in [2.05, 4.69) is 27.0 Å². The van der Waals surface area contributed by atoms with Crippen LogP contribution >= 0.6 is 34.5 Å². The summed E-state index contributed by atoms with van der Waals surface area (Å²) in [6, 6.07) is 3.30. The molecule has 1 aromatic carbocycles. The van der Waals surface area contributed by atoms with E-state index >= 15 is 0 Å². The number of nitrogens with one attached hydrogen (secondary N) is 1. The zero-order valence-corrected chi connectivity index (χ0v) is 13.8. The highest BCUT2D eigenvalue weighted by Gasteiger charge is 2.12. The zero-order chi connectivity index (χ0) is 15.1. The number of benzene rings is 1. The number of aromatic hydroxyl groups is 1. The van der Waals surface area contributed by atoms with Crippen molar-refractivity contribution < 1.29 is 5.11 Å². The Morgan fingerprint density at radius 3 is 2.62 bits per heavy atom. The molecule has 21 heavy (non-hydrogen) atoms. The van der Waals surface area contributed by atoms with Gasteiger partial charge in [0.2, 0.25) is 0 Å². The molecule has 7 heteroatoms. The van der Waals surface area contributed by atoms with Crippen molar-refractivity contribution in [3.63, 3.8) is 0 Å². The molecule has 110 valence electrons. The molecule has 2 N–H and O–H groups in total. The van der Waals surface area contributed by atoms with Gasteiger partial charge >= 0.3 is 0 Å². The van der Waals surface area contributed by atoms with Crippen LogP contribution < -0.4 is 5.32 Å². The SMILES string of the molecule is Cc1nc2scc(C)n2c1CNc1cc(Cl)c(O)c(Cl)c1. The second-order valence-electron chi connectivity index (χ2n) is 4.78. The molecular formula is C14H13Cl2N3OS. The molecule has 0 amide bonds. The van der Waals surface area contributed by atoms with Gasteiger partial charge in [-0.3, -0.25) is 4.40 Å². The molecule has 0 spiro atoms. The number of halogens is 2. The molecule has 3 rings (SSSR count). The lowest BCUT2D eigenvalue weighted by Crippen LogP contribution is -2.04. The maximum atomic E-state index is 9.57. The van der Waals surface area contributed by atoms with Gasteiger partial charge in [-0.05, 0) is 26.0 Å². The minimum atomic E-state index is -0.0968. The minimum Gasteiger partial charge on any atom is -0.505 e. The Hall–Kier alpha value is -1.43. The van der Waals surface area contributed by atoms with Crippen LogP contribution in [0.2, 0.25) is 10.0 Å². The number of imidazole rings is 1. The van der Waals surface area contributed by atoms with Gasteiger partial charge in [0.25, 0.3) is 0 Å². The van der Waals surface area contributed by atoms with Crippen LogP contribution in [-0.4, -0.2) is 14.5 Å². The van der Waals surface area contributed by atoms with Crippen LogP contribution in [0, 0.1) is 13.8 Å². The lowest BCUT2D eigenvalue weighted by atomic mass is 10.2. The van der Waals surface area contributed by atoms with Crippen molar-refractivity contribution in [1.29, 1.82) is 0 Å². The lowest BCUT2D eigenvalue weighted by molar-refractivity contribution is 0.476. The van der Waals surface area contributed by atoms with Crippen LogP contribution in [0.3, 0.4) is 0 Å². The van der Waals surface area contributed by atoms with Gasteiger partial charge in [-0.1, -0.05) is 23.2 Å². The first-order valence-electron chi connectivity index (χ1n) is 6.31. The Morgan fingerprint density at radius 2 is 1.95 bits per heavy atom. The van der Waals surface area contributed by atoms with Crippen molar-refractivity contribution in [2.45, 2.75) is 20.4 Å². The Balaban J connectivity index is 1.90. The molecule has 0 bridgehead atoms. The van der Waals surface area contributed by atoms with E-state index in [9.17, 15) is 5.11 Å². The number of anilines is 1. The van der Waals surface area contributed by atoms with Crippen LogP contribution in [-0.2, 0) is 6.54 Å². The second kappa shape index (κ2) is 5.40. The van der Waals surface area contributed by atoms with E-state index in [0.29, 0.717) is 6.54 Å². The predicted molar refractivity (Wildman–Crippen MR) is 88.0 cm³/mol. The van der Waals surface area contributed by atoms with E-state index in [1.807, 2.05) is 6.92 Å². The first kappa shape index (κ1) is 14.5. The molecule has 0 radical (unpaired) electrons. The van der Waals surface area contributed by atoms with Crippen molar-refractivity contribution >= 4 is 45.2 Å². The molecule has 2 heterocycles. The molecule has 0 fully saturated rings. The second-order valence-corrected chi connectivity index (χ2v) is 6.43. The normalized spacial score (nSPS) is 11.2. The van der Waals surface area contributed by atoms with Crippen molar-refractivity contribution in [1.82, 2.24) is 9.38 Å². The van der Waals surface area contributed by atoms with Crippen molar-refractivity contribution in [2.75, 3.05) is 5.32 Å². The third kappa shape index (κ3) is 2.57. The molecule has 0 aliphatic carbocycles. The number of hydrogen-bond acceptors (Lipinski definition) is 4. The summed E-state index contributed by atoms with van der Waals surface area (Å²) >= 11 is 13.5. The number of aryl methyl sites for hydroxylation is 2. The van der Waals surface area contributed by atoms with Gasteiger partial charge in [0.1, 0.15) is 0 Å². The maximum absolute atomic E-state index is 9.57. The molecular weight excluding hydrogens is 329 g/mol. The van der Waals surface area contributed by atoms with Crippen LogP contribution in [0.1, 0.15) is 17.1 Å². The van der Waals surface area contributed by atoms with Gasteiger partial charge in [0.15, 0.2) is 10.7 Å². The fourth-order valence-electron chi connectivity index (χ4n) is 2.23. The zero-order valence-electron chi connectivity index (χ0n) is 11.4. The Labute approximate surface area is 136 Å². The number of hydrogen-bond donors (Lipinski definition) is 2. The van der Waals surface area contributed by atoms with Gasteiger partial charge in [-0.25, -0.2) is 4.98 Å². The lowest BCUT2D eigenvalue weighted by Gasteiger charge is -2.09. The summed E-state index contributed by atoms with van der Waals surface area (Å²) in [7, 11) is 0. The highest BCUT2D eigenvalue weighted by molar-refractivity contribution is 7.15. The van der Waals surface area contributed by atoms with E-state index in [4.69, 9.17) is 23.2 Å². The molecule has 0 saturated heterocycles. The summed E-state index contributed by atoms with van der Waals surface area (Å²) in [5, 5.41) is 15.4. The number of phenolic OH excluding ortho intramolecular Hbond substituents is 1. The highest BCUT2D eigenvalue weighted by Crippen LogP contribution is 2.34. The summed E-state index contributed by atoms with van der Waals surface area (Å²) in [5.41, 5.74) is 4.01. The average molecular weight is 342 g/mol. The molecule has 0 aliphatic rings. The summed E-state index contributed by atoms with van der Waals surface area (Å²) in [6.45, 7) is 4.65. The van der Waals surface area contributed by atoms with E-state index < -0.39 is 0 Å². The molecule has 4 nitrogen and oxygen atoms in total. The molecule has 0 saturated carbocycles. The summed E-state index contributed by atoms with van der Waals surface area (Å²) < 4.78 is 2.14. The van der Waals surface area contributed by atoms with Gasteiger partial charge in [-0.15, -0.1) is 11.3 Å². The van der Waals surface area contributed by atoms with Gasteiger partial charge in [0, 0.05) is 16.8 Å². The first-order chi connectivity index (χ1) is 9.97. The fraction of sp³-hybridized carbons (Fsp3) is 0.214. The summed E-state index contributed by atoms with van der Waals surface area (Å²) in [5.74, 6) is -0.0968. The molecule has 0 aliphatic heterocycles. The number of aromatic nitrogens is 2. The Morgan fingerprint density at radius 1 is 1.29 bits per heavy atom. The van der Waals surface area contributed by atoms with Crippen LogP contribution in [0.25, 0.3) is 4.96 Å². The first-order valence-corrected chi connectivity index (χ1v) is 7.95. The van der Waals surface area contributed by atoms with Crippen LogP contribution in [0.5, 0.6) is 5.75 Å². The van der Waals surface area contributed by atoms with Gasteiger partial charge in [-0.2, -0.15) is 0 Å². The smallest absolute Gasteiger partial charge is 0.194 e. The number of thiazole rings is 1. The van der Waals surface area contributed by atoms with Crippen LogP contribution in [0.4, 0.5) is 5.69 Å². The Kier molecular flexibility index (Phi) is 3.73. The minimum absolute atomic E-state index is 0.0968. The van der Waals surface area contributed by atoms with Crippen molar-refractivity contribution in [3.05, 3.63) is 44.6 Å². The standard InChI is InChI=1S/C14H13Cl2N3OS/c1-7-6-21-14-18-8(2)12(19(7)14)5-17-9-3-10(15)13(20)11(16)4-9/h3-4,6,17,20H,5H2,1-2H3. The number of fused-ring (bicyclic) bond motifs is 1. The number of phenols is 1. The summed E-state index contributed by atoms with van der Waals surface area (Å²) in [6.07, 6.45) is 0. The van der Waals surface area contributed by atoms with E-state index in [-0.39, 0.29) is 15.8 Å². The largest absolute Gasteiger partial charge is 0.505 e. The topological polar surface area (TPSA) is 49.6 Å². The maximum Gasteiger partial charge on any atom is 0.194 e. The van der Waals surface area contributed by atoms with E-state index in [1.165, 1.54) is 0 Å². The number of nitrogens with zero attached hydrogens (tertiary/aromatic N) is 2.